The second-order valence-corrected chi connectivity index (χ2v) is 5.90. The van der Waals surface area contributed by atoms with Gasteiger partial charge in [0.05, 0.1) is 11.7 Å². The Morgan fingerprint density at radius 3 is 2.71 bits per heavy atom. The normalized spacial score (nSPS) is 19.1. The molecule has 17 heavy (non-hydrogen) atoms. The van der Waals surface area contributed by atoms with E-state index in [1.54, 1.807) is 0 Å². The molecule has 3 heteroatoms. The van der Waals surface area contributed by atoms with Gasteiger partial charge in [-0.1, -0.05) is 26.7 Å². The van der Waals surface area contributed by atoms with Crippen LogP contribution in [0.3, 0.4) is 0 Å². The van der Waals surface area contributed by atoms with E-state index < -0.39 is 0 Å². The summed E-state index contributed by atoms with van der Waals surface area (Å²) in [5, 5.41) is 4.72. The molecule has 1 unspecified atom stereocenters. The Kier molecular flexibility index (Phi) is 4.49. The Morgan fingerprint density at radius 2 is 2.12 bits per heavy atom. The van der Waals surface area contributed by atoms with Crippen molar-refractivity contribution in [1.82, 2.24) is 9.78 Å². The highest BCUT2D eigenvalue weighted by Crippen LogP contribution is 2.29. The largest absolute Gasteiger partial charge is 0.269 e. The van der Waals surface area contributed by atoms with E-state index in [9.17, 15) is 0 Å². The summed E-state index contributed by atoms with van der Waals surface area (Å²) in [7, 11) is 0. The molecule has 1 heterocycles. The van der Waals surface area contributed by atoms with Crippen LogP contribution in [0.5, 0.6) is 0 Å². The molecular weight excluding hydrogens is 232 g/mol. The fourth-order valence-electron chi connectivity index (χ4n) is 2.60. The van der Waals surface area contributed by atoms with Crippen LogP contribution in [0.25, 0.3) is 0 Å². The summed E-state index contributed by atoms with van der Waals surface area (Å²) in [5.74, 6) is 1.90. The number of nitrogens with zero attached hydrogens (tertiary/aromatic N) is 2. The third-order valence-electron chi connectivity index (χ3n) is 3.97. The summed E-state index contributed by atoms with van der Waals surface area (Å²) in [6.45, 7) is 4.47. The molecule has 1 aliphatic rings. The first-order valence-electron chi connectivity index (χ1n) is 6.80. The average molecular weight is 255 g/mol. The third kappa shape index (κ3) is 3.25. The second kappa shape index (κ2) is 5.90. The maximum atomic E-state index is 6.01. The number of rotatable bonds is 5. The van der Waals surface area contributed by atoms with Crippen LogP contribution in [-0.2, 0) is 6.42 Å². The van der Waals surface area contributed by atoms with Crippen LogP contribution in [0.15, 0.2) is 12.3 Å². The van der Waals surface area contributed by atoms with Crippen molar-refractivity contribution in [3.63, 3.8) is 0 Å². The number of aromatic nitrogens is 2. The molecule has 0 saturated heterocycles. The molecule has 2 rings (SSSR count). The number of halogens is 1. The summed E-state index contributed by atoms with van der Waals surface area (Å²) < 4.78 is 2.17. The molecule has 0 aromatic carbocycles. The maximum absolute atomic E-state index is 6.01. The number of hydrogen-bond acceptors (Lipinski definition) is 1. The van der Waals surface area contributed by atoms with Crippen LogP contribution in [0.4, 0.5) is 0 Å². The van der Waals surface area contributed by atoms with Gasteiger partial charge in [0.1, 0.15) is 0 Å². The van der Waals surface area contributed by atoms with Crippen LogP contribution in [0, 0.1) is 11.8 Å². The molecule has 1 aromatic rings. The lowest BCUT2D eigenvalue weighted by Gasteiger charge is -2.16. The van der Waals surface area contributed by atoms with E-state index in [-0.39, 0.29) is 0 Å². The molecule has 0 spiro atoms. The quantitative estimate of drug-likeness (QED) is 0.725. The molecule has 0 bridgehead atoms. The molecule has 0 N–H and O–H groups in total. The van der Waals surface area contributed by atoms with Gasteiger partial charge in [0.2, 0.25) is 0 Å². The average Bonchev–Trinajstić information content (AvgIpc) is 2.95. The molecule has 0 aliphatic heterocycles. The smallest absolute Gasteiger partial charge is 0.0628 e. The van der Waals surface area contributed by atoms with Crippen molar-refractivity contribution in [3.05, 3.63) is 18.0 Å². The van der Waals surface area contributed by atoms with Crippen LogP contribution in [0.2, 0.25) is 0 Å². The molecule has 1 saturated carbocycles. The molecule has 0 radical (unpaired) electrons. The highest BCUT2D eigenvalue weighted by Gasteiger charge is 2.19. The fourth-order valence-corrected chi connectivity index (χ4v) is 3.06. The molecule has 1 aliphatic carbocycles. The Balaban J connectivity index is 1.97. The fraction of sp³-hybridized carbons (Fsp3) is 0.786. The topological polar surface area (TPSA) is 17.8 Å². The van der Waals surface area contributed by atoms with Crippen LogP contribution >= 0.6 is 11.6 Å². The lowest BCUT2D eigenvalue weighted by Crippen LogP contribution is -2.14. The first-order chi connectivity index (χ1) is 8.20. The van der Waals surface area contributed by atoms with Gasteiger partial charge in [0, 0.05) is 12.1 Å². The highest BCUT2D eigenvalue weighted by atomic mass is 35.5. The lowest BCUT2D eigenvalue weighted by atomic mass is 9.93. The van der Waals surface area contributed by atoms with Gasteiger partial charge in [-0.2, -0.15) is 5.10 Å². The first kappa shape index (κ1) is 12.9. The summed E-state index contributed by atoms with van der Waals surface area (Å²) >= 11 is 6.01. The van der Waals surface area contributed by atoms with Gasteiger partial charge >= 0.3 is 0 Å². The van der Waals surface area contributed by atoms with Crippen LogP contribution in [0.1, 0.15) is 51.3 Å². The maximum Gasteiger partial charge on any atom is 0.0628 e. The van der Waals surface area contributed by atoms with Crippen molar-refractivity contribution in [2.45, 2.75) is 52.0 Å². The Labute approximate surface area is 109 Å². The van der Waals surface area contributed by atoms with E-state index in [0.29, 0.717) is 17.9 Å². The predicted molar refractivity (Wildman–Crippen MR) is 72.5 cm³/mol. The predicted octanol–water partition coefficient (Wildman–Crippen LogP) is 4.05. The zero-order valence-corrected chi connectivity index (χ0v) is 11.7. The SMILES string of the molecule is CC(C)C(CCl)Cc1ccn(C2CCCC2)n1. The highest BCUT2D eigenvalue weighted by molar-refractivity contribution is 6.18. The summed E-state index contributed by atoms with van der Waals surface area (Å²) in [6, 6.07) is 2.82. The van der Waals surface area contributed by atoms with Gasteiger partial charge in [0.15, 0.2) is 0 Å². The minimum absolute atomic E-state index is 0.545. The molecule has 1 atom stereocenters. The van der Waals surface area contributed by atoms with Gasteiger partial charge in [-0.25, -0.2) is 0 Å². The van der Waals surface area contributed by atoms with Crippen molar-refractivity contribution in [3.8, 4) is 0 Å². The van der Waals surface area contributed by atoms with Gasteiger partial charge in [-0.15, -0.1) is 11.6 Å². The van der Waals surface area contributed by atoms with Crippen molar-refractivity contribution in [2.75, 3.05) is 5.88 Å². The summed E-state index contributed by atoms with van der Waals surface area (Å²) in [5.41, 5.74) is 1.20. The van der Waals surface area contributed by atoms with Gasteiger partial charge in [0.25, 0.3) is 0 Å². The van der Waals surface area contributed by atoms with E-state index in [1.165, 1.54) is 31.4 Å². The molecule has 1 fully saturated rings. The van der Waals surface area contributed by atoms with Crippen LogP contribution < -0.4 is 0 Å². The molecule has 0 amide bonds. The monoisotopic (exact) mass is 254 g/mol. The van der Waals surface area contributed by atoms with E-state index >= 15 is 0 Å². The van der Waals surface area contributed by atoms with Crippen molar-refractivity contribution < 1.29 is 0 Å². The van der Waals surface area contributed by atoms with Crippen molar-refractivity contribution >= 4 is 11.6 Å². The van der Waals surface area contributed by atoms with Crippen LogP contribution in [-0.4, -0.2) is 15.7 Å². The summed E-state index contributed by atoms with van der Waals surface area (Å²) in [4.78, 5) is 0. The summed E-state index contributed by atoms with van der Waals surface area (Å²) in [6.07, 6.45) is 8.47. The van der Waals surface area contributed by atoms with Gasteiger partial charge in [-0.05, 0) is 37.2 Å². The zero-order valence-electron chi connectivity index (χ0n) is 10.9. The van der Waals surface area contributed by atoms with E-state index in [0.717, 1.165) is 12.3 Å². The standard InChI is InChI=1S/C14H23ClN2/c1-11(2)12(10-15)9-13-7-8-17(16-13)14-5-3-4-6-14/h7-8,11-12,14H,3-6,9-10H2,1-2H3. The zero-order chi connectivity index (χ0) is 12.3. The Hall–Kier alpha value is -0.500. The number of alkyl halides is 1. The molecular formula is C14H23ClN2. The third-order valence-corrected chi connectivity index (χ3v) is 4.37. The van der Waals surface area contributed by atoms with E-state index in [4.69, 9.17) is 16.7 Å². The van der Waals surface area contributed by atoms with Crippen molar-refractivity contribution in [2.24, 2.45) is 11.8 Å². The van der Waals surface area contributed by atoms with Crippen molar-refractivity contribution in [1.29, 1.82) is 0 Å². The minimum atomic E-state index is 0.545. The van der Waals surface area contributed by atoms with E-state index in [2.05, 4.69) is 30.8 Å². The lowest BCUT2D eigenvalue weighted by molar-refractivity contribution is 0.410. The second-order valence-electron chi connectivity index (χ2n) is 5.59. The minimum Gasteiger partial charge on any atom is -0.269 e. The van der Waals surface area contributed by atoms with Gasteiger partial charge < -0.3 is 0 Å². The molecule has 1 aromatic heterocycles. The number of hydrogen-bond donors (Lipinski definition) is 0. The molecule has 96 valence electrons. The molecule has 2 nitrogen and oxygen atoms in total. The Morgan fingerprint density at radius 1 is 1.41 bits per heavy atom. The Bertz CT molecular complexity index is 340. The van der Waals surface area contributed by atoms with Gasteiger partial charge in [-0.3, -0.25) is 4.68 Å². The first-order valence-corrected chi connectivity index (χ1v) is 7.34. The van der Waals surface area contributed by atoms with E-state index in [1.807, 2.05) is 0 Å².